The van der Waals surface area contributed by atoms with Crippen molar-refractivity contribution in [3.05, 3.63) is 16.1 Å². The van der Waals surface area contributed by atoms with Gasteiger partial charge in [-0.15, -0.1) is 11.3 Å². The molecule has 0 spiro atoms. The molecule has 1 fully saturated rings. The van der Waals surface area contributed by atoms with E-state index in [4.69, 9.17) is 5.11 Å². The zero-order valence-corrected chi connectivity index (χ0v) is 9.94. The summed E-state index contributed by atoms with van der Waals surface area (Å²) in [6.07, 6.45) is 3.80. The highest BCUT2D eigenvalue weighted by Crippen LogP contribution is 2.39. The van der Waals surface area contributed by atoms with Gasteiger partial charge >= 0.3 is 5.97 Å². The quantitative estimate of drug-likeness (QED) is 0.887. The Hall–Kier alpha value is -0.550. The van der Waals surface area contributed by atoms with E-state index in [0.717, 1.165) is 5.01 Å². The number of hydrogen-bond donors (Lipinski definition) is 1. The fourth-order valence-electron chi connectivity index (χ4n) is 1.64. The number of nitrogens with zero attached hydrogens (tertiary/aromatic N) is 1. The lowest BCUT2D eigenvalue weighted by Crippen LogP contribution is -2.03. The number of carboxylic acids is 1. The van der Waals surface area contributed by atoms with Gasteiger partial charge in [0.05, 0.1) is 17.4 Å². The molecule has 1 saturated heterocycles. The van der Waals surface area contributed by atoms with Gasteiger partial charge in [-0.1, -0.05) is 6.42 Å². The van der Waals surface area contributed by atoms with Gasteiger partial charge in [0.1, 0.15) is 5.01 Å². The number of thiazole rings is 1. The number of hydrogen-bond acceptors (Lipinski definition) is 4. The Balaban J connectivity index is 2.02. The molecule has 2 rings (SSSR count). The van der Waals surface area contributed by atoms with Gasteiger partial charge in [-0.3, -0.25) is 4.79 Å². The molecule has 0 radical (unpaired) electrons. The van der Waals surface area contributed by atoms with E-state index in [2.05, 4.69) is 4.98 Å². The van der Waals surface area contributed by atoms with Crippen molar-refractivity contribution >= 4 is 29.1 Å². The largest absolute Gasteiger partial charge is 0.481 e. The number of thioether (sulfide) groups is 1. The summed E-state index contributed by atoms with van der Waals surface area (Å²) < 4.78 is 0. The standard InChI is InChI=1S/C10H13NO2S2/c12-9(13)5-7-6-15-10(11-7)8-3-1-2-4-14-8/h6,8H,1-5H2,(H,12,13). The van der Waals surface area contributed by atoms with Gasteiger partial charge in [0, 0.05) is 5.38 Å². The summed E-state index contributed by atoms with van der Waals surface area (Å²) in [6, 6.07) is 0. The Kier molecular flexibility index (Phi) is 3.64. The van der Waals surface area contributed by atoms with E-state index < -0.39 is 5.97 Å². The molecule has 82 valence electrons. The number of carbonyl (C=O) groups is 1. The number of aliphatic carboxylic acids is 1. The Morgan fingerprint density at radius 3 is 3.13 bits per heavy atom. The van der Waals surface area contributed by atoms with Crippen molar-refractivity contribution in [3.8, 4) is 0 Å². The molecule has 1 atom stereocenters. The number of aromatic nitrogens is 1. The highest BCUT2D eigenvalue weighted by atomic mass is 32.2. The monoisotopic (exact) mass is 243 g/mol. The first-order valence-electron chi connectivity index (χ1n) is 5.03. The van der Waals surface area contributed by atoms with Crippen LogP contribution in [0, 0.1) is 0 Å². The third-order valence-electron chi connectivity index (χ3n) is 2.36. The minimum absolute atomic E-state index is 0.0495. The molecule has 1 N–H and O–H groups in total. The van der Waals surface area contributed by atoms with Crippen molar-refractivity contribution in [3.63, 3.8) is 0 Å². The Morgan fingerprint density at radius 2 is 2.47 bits per heavy atom. The lowest BCUT2D eigenvalue weighted by molar-refractivity contribution is -0.136. The maximum Gasteiger partial charge on any atom is 0.309 e. The molecular weight excluding hydrogens is 230 g/mol. The zero-order chi connectivity index (χ0) is 10.7. The Bertz CT molecular complexity index is 345. The van der Waals surface area contributed by atoms with Crippen LogP contribution in [0.2, 0.25) is 0 Å². The van der Waals surface area contributed by atoms with E-state index in [9.17, 15) is 4.79 Å². The summed E-state index contributed by atoms with van der Waals surface area (Å²) in [7, 11) is 0. The van der Waals surface area contributed by atoms with E-state index in [1.807, 2.05) is 17.1 Å². The molecule has 1 aliphatic rings. The average Bonchev–Trinajstić information content (AvgIpc) is 2.67. The van der Waals surface area contributed by atoms with E-state index >= 15 is 0 Å². The lowest BCUT2D eigenvalue weighted by Gasteiger charge is -2.18. The van der Waals surface area contributed by atoms with Crippen molar-refractivity contribution in [1.82, 2.24) is 4.98 Å². The minimum Gasteiger partial charge on any atom is -0.481 e. The Labute approximate surface area is 96.9 Å². The van der Waals surface area contributed by atoms with Gasteiger partial charge in [0.25, 0.3) is 0 Å². The average molecular weight is 243 g/mol. The van der Waals surface area contributed by atoms with Gasteiger partial charge in [0.2, 0.25) is 0 Å². The normalized spacial score (nSPS) is 21.5. The van der Waals surface area contributed by atoms with E-state index in [1.54, 1.807) is 11.3 Å². The summed E-state index contributed by atoms with van der Waals surface area (Å²) >= 11 is 3.55. The number of carboxylic acid groups (broad SMARTS) is 1. The van der Waals surface area contributed by atoms with Crippen LogP contribution in [0.15, 0.2) is 5.38 Å². The minimum atomic E-state index is -0.803. The predicted molar refractivity (Wildman–Crippen MR) is 62.5 cm³/mol. The molecule has 2 heterocycles. The first-order chi connectivity index (χ1) is 7.25. The number of rotatable bonds is 3. The summed E-state index contributed by atoms with van der Waals surface area (Å²) in [5.41, 5.74) is 0.702. The second-order valence-electron chi connectivity index (χ2n) is 3.60. The van der Waals surface area contributed by atoms with E-state index in [0.29, 0.717) is 10.9 Å². The van der Waals surface area contributed by atoms with Crippen LogP contribution in [-0.4, -0.2) is 21.8 Å². The van der Waals surface area contributed by atoms with Crippen LogP contribution in [0.25, 0.3) is 0 Å². The van der Waals surface area contributed by atoms with Crippen molar-refractivity contribution in [2.24, 2.45) is 0 Å². The lowest BCUT2D eigenvalue weighted by atomic mass is 10.2. The van der Waals surface area contributed by atoms with Crippen molar-refractivity contribution < 1.29 is 9.90 Å². The summed E-state index contributed by atoms with van der Waals surface area (Å²) in [4.78, 5) is 14.9. The molecule has 1 aromatic rings. The van der Waals surface area contributed by atoms with Crippen LogP contribution in [0.1, 0.15) is 35.2 Å². The second-order valence-corrected chi connectivity index (χ2v) is 5.80. The molecule has 1 aromatic heterocycles. The molecule has 1 unspecified atom stereocenters. The summed E-state index contributed by atoms with van der Waals surface area (Å²) in [6.45, 7) is 0. The molecular formula is C10H13NO2S2. The van der Waals surface area contributed by atoms with Crippen LogP contribution in [0.3, 0.4) is 0 Å². The fraction of sp³-hybridized carbons (Fsp3) is 0.600. The van der Waals surface area contributed by atoms with Gasteiger partial charge in [0.15, 0.2) is 0 Å². The summed E-state index contributed by atoms with van der Waals surface area (Å²) in [5, 5.41) is 12.1. The predicted octanol–water partition coefficient (Wildman–Crippen LogP) is 2.73. The van der Waals surface area contributed by atoms with Gasteiger partial charge in [-0.25, -0.2) is 4.98 Å². The molecule has 0 bridgehead atoms. The topological polar surface area (TPSA) is 50.2 Å². The molecule has 3 nitrogen and oxygen atoms in total. The van der Waals surface area contributed by atoms with Crippen LogP contribution in [-0.2, 0) is 11.2 Å². The third kappa shape index (κ3) is 2.95. The Morgan fingerprint density at radius 1 is 1.60 bits per heavy atom. The highest BCUT2D eigenvalue weighted by Gasteiger charge is 2.19. The maximum absolute atomic E-state index is 10.5. The smallest absolute Gasteiger partial charge is 0.309 e. The molecule has 5 heteroatoms. The third-order valence-corrected chi connectivity index (χ3v) is 4.90. The molecule has 0 amide bonds. The molecule has 0 saturated carbocycles. The van der Waals surface area contributed by atoms with Crippen molar-refractivity contribution in [2.45, 2.75) is 30.9 Å². The van der Waals surface area contributed by atoms with Crippen molar-refractivity contribution in [2.75, 3.05) is 5.75 Å². The van der Waals surface area contributed by atoms with Gasteiger partial charge in [-0.05, 0) is 18.6 Å². The van der Waals surface area contributed by atoms with Crippen LogP contribution in [0.5, 0.6) is 0 Å². The highest BCUT2D eigenvalue weighted by molar-refractivity contribution is 7.99. The SMILES string of the molecule is O=C(O)Cc1csc(C2CCCCS2)n1. The van der Waals surface area contributed by atoms with Gasteiger partial charge in [-0.2, -0.15) is 11.8 Å². The molecule has 0 aliphatic carbocycles. The van der Waals surface area contributed by atoms with Gasteiger partial charge < -0.3 is 5.11 Å². The van der Waals surface area contributed by atoms with Crippen LogP contribution >= 0.6 is 23.1 Å². The van der Waals surface area contributed by atoms with Crippen molar-refractivity contribution in [1.29, 1.82) is 0 Å². The zero-order valence-electron chi connectivity index (χ0n) is 8.31. The first kappa shape index (κ1) is 11.0. The van der Waals surface area contributed by atoms with Crippen LogP contribution in [0.4, 0.5) is 0 Å². The molecule has 1 aliphatic heterocycles. The second kappa shape index (κ2) is 4.99. The molecule has 0 aromatic carbocycles. The van der Waals surface area contributed by atoms with E-state index in [1.165, 1.54) is 25.0 Å². The van der Waals surface area contributed by atoms with Crippen LogP contribution < -0.4 is 0 Å². The van der Waals surface area contributed by atoms with E-state index in [-0.39, 0.29) is 6.42 Å². The first-order valence-corrected chi connectivity index (χ1v) is 6.96. The maximum atomic E-state index is 10.5. The molecule has 15 heavy (non-hydrogen) atoms. The fourth-order valence-corrected chi connectivity index (χ4v) is 4.03. The summed E-state index contributed by atoms with van der Waals surface area (Å²) in [5.74, 6) is 0.404.